The fourth-order valence-corrected chi connectivity index (χ4v) is 3.84. The molecule has 0 aromatic heterocycles. The lowest BCUT2D eigenvalue weighted by atomic mass is 10.0. The maximum absolute atomic E-state index is 12.7. The number of hydrogen-bond acceptors (Lipinski definition) is 4. The first-order valence-corrected chi connectivity index (χ1v) is 7.63. The summed E-state index contributed by atoms with van der Waals surface area (Å²) in [6.45, 7) is 1.23. The monoisotopic (exact) mass is 298 g/mol. The first-order chi connectivity index (χ1) is 10.0. The van der Waals surface area contributed by atoms with Crippen LogP contribution in [0.15, 0.2) is 0 Å². The zero-order valence-electron chi connectivity index (χ0n) is 12.0. The molecule has 0 spiro atoms. The molecule has 118 valence electrons. The molecule has 0 aromatic rings. The number of ether oxygens (including phenoxy) is 1. The van der Waals surface area contributed by atoms with Gasteiger partial charge in [0.1, 0.15) is 0 Å². The highest BCUT2D eigenvalue weighted by Gasteiger charge is 2.44. The normalized spacial score (nSPS) is 35.9. The van der Waals surface area contributed by atoms with Crippen molar-refractivity contribution in [2.24, 2.45) is 0 Å². The van der Waals surface area contributed by atoms with Crippen LogP contribution >= 0.6 is 0 Å². The number of fused-ring (bicyclic) bond motifs is 2. The largest absolute Gasteiger partial charge is 0.481 e. The number of aliphatic hydroxyl groups is 1. The second-order valence-electron chi connectivity index (χ2n) is 6.24. The molecule has 3 atom stereocenters. The highest BCUT2D eigenvalue weighted by molar-refractivity contribution is 5.76. The van der Waals surface area contributed by atoms with Crippen molar-refractivity contribution in [1.82, 2.24) is 9.80 Å². The van der Waals surface area contributed by atoms with Crippen molar-refractivity contribution in [2.75, 3.05) is 19.7 Å². The SMILES string of the molecule is O=C(O)CC1CN(C(=O)N2C3CCC2CC(O)C3)CCO1. The van der Waals surface area contributed by atoms with E-state index < -0.39 is 12.1 Å². The fourth-order valence-electron chi connectivity index (χ4n) is 3.84. The average Bonchev–Trinajstić information content (AvgIpc) is 2.69. The number of amides is 2. The number of aliphatic hydroxyl groups excluding tert-OH is 1. The topological polar surface area (TPSA) is 90.3 Å². The number of morpholine rings is 1. The molecular weight excluding hydrogens is 276 g/mol. The van der Waals surface area contributed by atoms with Crippen molar-refractivity contribution in [3.63, 3.8) is 0 Å². The molecule has 3 fully saturated rings. The zero-order chi connectivity index (χ0) is 15.0. The van der Waals surface area contributed by atoms with Crippen LogP contribution in [0, 0.1) is 0 Å². The van der Waals surface area contributed by atoms with Crippen molar-refractivity contribution in [3.05, 3.63) is 0 Å². The minimum atomic E-state index is -0.907. The quantitative estimate of drug-likeness (QED) is 0.763. The number of piperidine rings is 1. The Hall–Kier alpha value is -1.34. The Bertz CT molecular complexity index is 416. The molecule has 7 heteroatoms. The van der Waals surface area contributed by atoms with Crippen LogP contribution in [0.5, 0.6) is 0 Å². The number of aliphatic carboxylic acids is 1. The molecule has 0 aromatic carbocycles. The van der Waals surface area contributed by atoms with Crippen molar-refractivity contribution in [2.45, 2.75) is 56.4 Å². The van der Waals surface area contributed by atoms with Crippen LogP contribution in [0.3, 0.4) is 0 Å². The third kappa shape index (κ3) is 2.98. The van der Waals surface area contributed by atoms with Gasteiger partial charge in [0, 0.05) is 25.2 Å². The minimum absolute atomic E-state index is 0.0203. The summed E-state index contributed by atoms with van der Waals surface area (Å²) in [6, 6.07) is 0.243. The van der Waals surface area contributed by atoms with E-state index in [0.29, 0.717) is 32.5 Å². The third-order valence-electron chi connectivity index (χ3n) is 4.74. The van der Waals surface area contributed by atoms with Gasteiger partial charge in [-0.15, -0.1) is 0 Å². The molecule has 0 radical (unpaired) electrons. The first-order valence-electron chi connectivity index (χ1n) is 7.63. The number of nitrogens with zero attached hydrogens (tertiary/aromatic N) is 2. The molecule has 3 unspecified atom stereocenters. The number of carboxylic acids is 1. The number of urea groups is 1. The van der Waals surface area contributed by atoms with Gasteiger partial charge in [0.05, 0.1) is 25.2 Å². The van der Waals surface area contributed by atoms with Gasteiger partial charge >= 0.3 is 12.0 Å². The predicted octanol–water partition coefficient (Wildman–Crippen LogP) is 0.270. The Morgan fingerprint density at radius 1 is 1.19 bits per heavy atom. The van der Waals surface area contributed by atoms with Gasteiger partial charge in [-0.1, -0.05) is 0 Å². The van der Waals surface area contributed by atoms with Crippen molar-refractivity contribution >= 4 is 12.0 Å². The first kappa shape index (κ1) is 14.6. The summed E-state index contributed by atoms with van der Waals surface area (Å²) >= 11 is 0. The van der Waals surface area contributed by atoms with Gasteiger partial charge in [-0.3, -0.25) is 4.79 Å². The van der Waals surface area contributed by atoms with E-state index in [9.17, 15) is 14.7 Å². The standard InChI is InChI=1S/C14H22N2O5/c17-11-5-9-1-2-10(6-11)16(9)14(20)15-3-4-21-12(8-15)7-13(18)19/h9-12,17H,1-8H2,(H,18,19). The van der Waals surface area contributed by atoms with E-state index in [-0.39, 0.29) is 30.6 Å². The lowest BCUT2D eigenvalue weighted by Gasteiger charge is -2.42. The van der Waals surface area contributed by atoms with E-state index in [4.69, 9.17) is 9.84 Å². The van der Waals surface area contributed by atoms with Crippen LogP contribution in [0.25, 0.3) is 0 Å². The average molecular weight is 298 g/mol. The number of hydrogen-bond donors (Lipinski definition) is 2. The molecule has 3 heterocycles. The van der Waals surface area contributed by atoms with Crippen molar-refractivity contribution < 1.29 is 24.5 Å². The van der Waals surface area contributed by atoms with Gasteiger partial charge < -0.3 is 24.7 Å². The molecule has 3 rings (SSSR count). The molecule has 3 aliphatic heterocycles. The number of carbonyl (C=O) groups excluding carboxylic acids is 1. The van der Waals surface area contributed by atoms with Crippen LogP contribution in [-0.2, 0) is 9.53 Å². The summed E-state index contributed by atoms with van der Waals surface area (Å²) in [7, 11) is 0. The highest BCUT2D eigenvalue weighted by Crippen LogP contribution is 2.36. The molecule has 0 aliphatic carbocycles. The molecule has 2 amide bonds. The van der Waals surface area contributed by atoms with Crippen molar-refractivity contribution in [3.8, 4) is 0 Å². The van der Waals surface area contributed by atoms with E-state index in [1.165, 1.54) is 0 Å². The van der Waals surface area contributed by atoms with Crippen molar-refractivity contribution in [1.29, 1.82) is 0 Å². The third-order valence-corrected chi connectivity index (χ3v) is 4.74. The molecular formula is C14H22N2O5. The lowest BCUT2D eigenvalue weighted by molar-refractivity contribution is -0.141. The summed E-state index contributed by atoms with van der Waals surface area (Å²) in [5.41, 5.74) is 0. The summed E-state index contributed by atoms with van der Waals surface area (Å²) in [5.74, 6) is -0.907. The van der Waals surface area contributed by atoms with E-state index in [1.54, 1.807) is 4.90 Å². The van der Waals surface area contributed by atoms with E-state index >= 15 is 0 Å². The Kier molecular flexibility index (Phi) is 4.03. The maximum Gasteiger partial charge on any atom is 0.320 e. The van der Waals surface area contributed by atoms with Crippen LogP contribution in [0.2, 0.25) is 0 Å². The predicted molar refractivity (Wildman–Crippen MR) is 72.9 cm³/mol. The lowest BCUT2D eigenvalue weighted by Crippen LogP contribution is -2.56. The van der Waals surface area contributed by atoms with Gasteiger partial charge in [0.2, 0.25) is 0 Å². The summed E-state index contributed by atoms with van der Waals surface area (Å²) in [5, 5.41) is 18.6. The molecule has 2 N–H and O–H groups in total. The van der Waals surface area contributed by atoms with E-state index in [2.05, 4.69) is 0 Å². The molecule has 3 saturated heterocycles. The molecule has 2 bridgehead atoms. The summed E-state index contributed by atoms with van der Waals surface area (Å²) in [6.07, 6.45) is 2.43. The van der Waals surface area contributed by atoms with Gasteiger partial charge in [0.15, 0.2) is 0 Å². The Labute approximate surface area is 123 Å². The summed E-state index contributed by atoms with van der Waals surface area (Å²) < 4.78 is 5.41. The number of carbonyl (C=O) groups is 2. The Morgan fingerprint density at radius 3 is 2.48 bits per heavy atom. The maximum atomic E-state index is 12.7. The fraction of sp³-hybridized carbons (Fsp3) is 0.857. The van der Waals surface area contributed by atoms with Crippen LogP contribution < -0.4 is 0 Å². The smallest absolute Gasteiger partial charge is 0.320 e. The molecule has 0 saturated carbocycles. The van der Waals surface area contributed by atoms with Gasteiger partial charge in [-0.25, -0.2) is 4.79 Å². The van der Waals surface area contributed by atoms with Crippen LogP contribution in [0.4, 0.5) is 4.79 Å². The number of carboxylic acid groups (broad SMARTS) is 1. The van der Waals surface area contributed by atoms with E-state index in [0.717, 1.165) is 12.8 Å². The molecule has 21 heavy (non-hydrogen) atoms. The highest BCUT2D eigenvalue weighted by atomic mass is 16.5. The van der Waals surface area contributed by atoms with Gasteiger partial charge in [0.25, 0.3) is 0 Å². The number of rotatable bonds is 2. The second-order valence-corrected chi connectivity index (χ2v) is 6.24. The molecule has 3 aliphatic rings. The van der Waals surface area contributed by atoms with Gasteiger partial charge in [-0.05, 0) is 25.7 Å². The van der Waals surface area contributed by atoms with E-state index in [1.807, 2.05) is 4.90 Å². The zero-order valence-corrected chi connectivity index (χ0v) is 12.0. The minimum Gasteiger partial charge on any atom is -0.481 e. The Morgan fingerprint density at radius 2 is 1.86 bits per heavy atom. The Balaban J connectivity index is 1.64. The van der Waals surface area contributed by atoms with Crippen LogP contribution in [-0.4, -0.2) is 76.0 Å². The molecule has 7 nitrogen and oxygen atoms in total. The summed E-state index contributed by atoms with van der Waals surface area (Å²) in [4.78, 5) is 27.1. The van der Waals surface area contributed by atoms with Crippen LogP contribution in [0.1, 0.15) is 32.1 Å². The van der Waals surface area contributed by atoms with Gasteiger partial charge in [-0.2, -0.15) is 0 Å². The second kappa shape index (κ2) is 5.81.